The van der Waals surface area contributed by atoms with Crippen LogP contribution in [0.15, 0.2) is 12.3 Å². The molecule has 0 spiro atoms. The van der Waals surface area contributed by atoms with Crippen molar-refractivity contribution in [3.05, 3.63) is 18.0 Å². The first-order valence-electron chi connectivity index (χ1n) is 7.08. The molecular weight excluding hydrogens is 290 g/mol. The van der Waals surface area contributed by atoms with E-state index >= 15 is 0 Å². The first-order chi connectivity index (χ1) is 8.74. The van der Waals surface area contributed by atoms with E-state index in [1.54, 1.807) is 0 Å². The maximum absolute atomic E-state index is 4.70. The van der Waals surface area contributed by atoms with Crippen LogP contribution >= 0.6 is 15.9 Å². The van der Waals surface area contributed by atoms with Crippen molar-refractivity contribution in [2.75, 3.05) is 11.9 Å². The van der Waals surface area contributed by atoms with Crippen molar-refractivity contribution in [3.63, 3.8) is 0 Å². The molecule has 1 aromatic heterocycles. The standard InChI is InChI=1S/C14H24BrN3/c1-3-12(2)18-9-7-13(16-18)11-17(10-8-15)14-5-4-6-14/h7,9,12,14H,3-6,8,10-11H2,1-2H3. The fourth-order valence-electron chi connectivity index (χ4n) is 2.35. The summed E-state index contributed by atoms with van der Waals surface area (Å²) in [6.45, 7) is 6.55. The minimum Gasteiger partial charge on any atom is -0.294 e. The number of hydrogen-bond acceptors (Lipinski definition) is 2. The molecule has 1 aliphatic carbocycles. The predicted octanol–water partition coefficient (Wildman–Crippen LogP) is 3.60. The summed E-state index contributed by atoms with van der Waals surface area (Å²) in [5.74, 6) is 0. The van der Waals surface area contributed by atoms with Gasteiger partial charge in [0, 0.05) is 36.7 Å². The zero-order chi connectivity index (χ0) is 13.0. The summed E-state index contributed by atoms with van der Waals surface area (Å²) in [6, 6.07) is 3.47. The van der Waals surface area contributed by atoms with Gasteiger partial charge in [-0.1, -0.05) is 29.3 Å². The summed E-state index contributed by atoms with van der Waals surface area (Å²) in [4.78, 5) is 2.57. The lowest BCUT2D eigenvalue weighted by Gasteiger charge is -2.36. The zero-order valence-corrected chi connectivity index (χ0v) is 13.1. The third-order valence-electron chi connectivity index (χ3n) is 4.03. The van der Waals surface area contributed by atoms with Crippen LogP contribution in [0.3, 0.4) is 0 Å². The van der Waals surface area contributed by atoms with E-state index in [4.69, 9.17) is 5.10 Å². The van der Waals surface area contributed by atoms with Crippen molar-refractivity contribution in [1.29, 1.82) is 0 Å². The quantitative estimate of drug-likeness (QED) is 0.717. The molecule has 1 aromatic rings. The highest BCUT2D eigenvalue weighted by atomic mass is 79.9. The Hall–Kier alpha value is -0.350. The second-order valence-electron chi connectivity index (χ2n) is 5.29. The molecule has 1 fully saturated rings. The molecule has 0 amide bonds. The SMILES string of the molecule is CCC(C)n1ccc(CN(CCBr)C2CCC2)n1. The molecule has 0 aromatic carbocycles. The molecule has 0 saturated heterocycles. The lowest BCUT2D eigenvalue weighted by atomic mass is 9.91. The molecule has 1 heterocycles. The molecule has 18 heavy (non-hydrogen) atoms. The Morgan fingerprint density at radius 2 is 2.33 bits per heavy atom. The van der Waals surface area contributed by atoms with E-state index in [-0.39, 0.29) is 0 Å². The van der Waals surface area contributed by atoms with Gasteiger partial charge < -0.3 is 0 Å². The van der Waals surface area contributed by atoms with Crippen LogP contribution < -0.4 is 0 Å². The molecular formula is C14H24BrN3. The highest BCUT2D eigenvalue weighted by molar-refractivity contribution is 9.09. The first kappa shape index (κ1) is 14.1. The Bertz CT molecular complexity index is 360. The average molecular weight is 314 g/mol. The van der Waals surface area contributed by atoms with Gasteiger partial charge in [-0.15, -0.1) is 0 Å². The van der Waals surface area contributed by atoms with E-state index in [1.807, 2.05) is 0 Å². The van der Waals surface area contributed by atoms with Crippen molar-refractivity contribution in [1.82, 2.24) is 14.7 Å². The Morgan fingerprint density at radius 1 is 1.56 bits per heavy atom. The number of alkyl halides is 1. The second-order valence-corrected chi connectivity index (χ2v) is 6.08. The van der Waals surface area contributed by atoms with Crippen molar-refractivity contribution in [2.45, 2.75) is 58.2 Å². The Morgan fingerprint density at radius 3 is 2.89 bits per heavy atom. The summed E-state index contributed by atoms with van der Waals surface area (Å²) in [7, 11) is 0. The van der Waals surface area contributed by atoms with Gasteiger partial charge in [0.2, 0.25) is 0 Å². The molecule has 2 rings (SSSR count). The maximum atomic E-state index is 4.70. The fourth-order valence-corrected chi connectivity index (χ4v) is 2.81. The molecule has 1 aliphatic rings. The van der Waals surface area contributed by atoms with Crippen molar-refractivity contribution in [2.24, 2.45) is 0 Å². The molecule has 1 saturated carbocycles. The van der Waals surface area contributed by atoms with E-state index in [1.165, 1.54) is 25.0 Å². The average Bonchev–Trinajstić information content (AvgIpc) is 2.74. The van der Waals surface area contributed by atoms with Gasteiger partial charge in [-0.25, -0.2) is 0 Å². The van der Waals surface area contributed by atoms with Gasteiger partial charge in [-0.05, 0) is 32.3 Å². The van der Waals surface area contributed by atoms with Gasteiger partial charge in [0.05, 0.1) is 5.69 Å². The van der Waals surface area contributed by atoms with Crippen molar-refractivity contribution in [3.8, 4) is 0 Å². The molecule has 1 atom stereocenters. The third-order valence-corrected chi connectivity index (χ3v) is 4.39. The van der Waals surface area contributed by atoms with E-state index in [2.05, 4.69) is 51.6 Å². The third kappa shape index (κ3) is 3.35. The van der Waals surface area contributed by atoms with Gasteiger partial charge in [0.1, 0.15) is 0 Å². The van der Waals surface area contributed by atoms with Gasteiger partial charge in [-0.2, -0.15) is 5.10 Å². The summed E-state index contributed by atoms with van der Waals surface area (Å²) >= 11 is 3.56. The Balaban J connectivity index is 1.95. The van der Waals surface area contributed by atoms with E-state index in [0.29, 0.717) is 6.04 Å². The Kier molecular flexibility index (Phi) is 5.25. The molecule has 0 aliphatic heterocycles. The van der Waals surface area contributed by atoms with Crippen LogP contribution in [0.1, 0.15) is 51.3 Å². The predicted molar refractivity (Wildman–Crippen MR) is 79.1 cm³/mol. The molecule has 4 heteroatoms. The number of nitrogens with zero attached hydrogens (tertiary/aromatic N) is 3. The highest BCUT2D eigenvalue weighted by Crippen LogP contribution is 2.26. The topological polar surface area (TPSA) is 21.1 Å². The summed E-state index contributed by atoms with van der Waals surface area (Å²) in [5, 5.41) is 5.75. The molecule has 1 unspecified atom stereocenters. The van der Waals surface area contributed by atoms with Crippen LogP contribution in [0.4, 0.5) is 0 Å². The maximum Gasteiger partial charge on any atom is 0.0765 e. The smallest absolute Gasteiger partial charge is 0.0765 e. The Labute approximate surface area is 119 Å². The number of hydrogen-bond donors (Lipinski definition) is 0. The van der Waals surface area contributed by atoms with Crippen molar-refractivity contribution >= 4 is 15.9 Å². The van der Waals surface area contributed by atoms with Crippen LogP contribution in [0, 0.1) is 0 Å². The highest BCUT2D eigenvalue weighted by Gasteiger charge is 2.24. The van der Waals surface area contributed by atoms with Gasteiger partial charge >= 0.3 is 0 Å². The lowest BCUT2D eigenvalue weighted by Crippen LogP contribution is -2.40. The second kappa shape index (κ2) is 6.71. The van der Waals surface area contributed by atoms with Crippen LogP contribution in [-0.4, -0.2) is 32.6 Å². The summed E-state index contributed by atoms with van der Waals surface area (Å²) < 4.78 is 2.10. The van der Waals surface area contributed by atoms with E-state index in [0.717, 1.165) is 30.9 Å². The molecule has 0 N–H and O–H groups in total. The van der Waals surface area contributed by atoms with Crippen molar-refractivity contribution < 1.29 is 0 Å². The molecule has 0 bridgehead atoms. The molecule has 102 valence electrons. The van der Waals surface area contributed by atoms with Gasteiger partial charge in [-0.3, -0.25) is 9.58 Å². The first-order valence-corrected chi connectivity index (χ1v) is 8.20. The molecule has 3 nitrogen and oxygen atoms in total. The van der Waals surface area contributed by atoms with Gasteiger partial charge in [0.15, 0.2) is 0 Å². The minimum absolute atomic E-state index is 0.507. The van der Waals surface area contributed by atoms with E-state index in [9.17, 15) is 0 Å². The summed E-state index contributed by atoms with van der Waals surface area (Å²) in [6.07, 6.45) is 7.37. The zero-order valence-electron chi connectivity index (χ0n) is 11.5. The van der Waals surface area contributed by atoms with Crippen LogP contribution in [-0.2, 0) is 6.54 Å². The van der Waals surface area contributed by atoms with Gasteiger partial charge in [0.25, 0.3) is 0 Å². The number of aromatic nitrogens is 2. The van der Waals surface area contributed by atoms with Crippen LogP contribution in [0.5, 0.6) is 0 Å². The van der Waals surface area contributed by atoms with E-state index < -0.39 is 0 Å². The lowest BCUT2D eigenvalue weighted by molar-refractivity contribution is 0.126. The summed E-state index contributed by atoms with van der Waals surface area (Å²) in [5.41, 5.74) is 1.21. The number of halogens is 1. The van der Waals surface area contributed by atoms with Crippen LogP contribution in [0.2, 0.25) is 0 Å². The minimum atomic E-state index is 0.507. The molecule has 0 radical (unpaired) electrons. The number of rotatable bonds is 7. The normalized spacial score (nSPS) is 18.0. The fraction of sp³-hybridized carbons (Fsp3) is 0.786. The van der Waals surface area contributed by atoms with Crippen LogP contribution in [0.25, 0.3) is 0 Å². The largest absolute Gasteiger partial charge is 0.294 e. The monoisotopic (exact) mass is 313 g/mol.